The number of hydrogen-bond acceptors (Lipinski definition) is 3. The zero-order chi connectivity index (χ0) is 17.9. The molecule has 132 valence electrons. The van der Waals surface area contributed by atoms with E-state index in [4.69, 9.17) is 0 Å². The highest BCUT2D eigenvalue weighted by Crippen LogP contribution is 2.42. The summed E-state index contributed by atoms with van der Waals surface area (Å²) >= 11 is 3.53. The van der Waals surface area contributed by atoms with Crippen LogP contribution in [0.2, 0.25) is 0 Å². The van der Waals surface area contributed by atoms with Crippen molar-refractivity contribution in [3.8, 4) is 0 Å². The normalized spacial score (nSPS) is 13.4. The number of nitrogens with one attached hydrogen (secondary N) is 2. The predicted molar refractivity (Wildman–Crippen MR) is 105 cm³/mol. The lowest BCUT2D eigenvalue weighted by molar-refractivity contribution is 0.0942. The fourth-order valence-corrected chi connectivity index (χ4v) is 3.56. The highest BCUT2D eigenvalue weighted by molar-refractivity contribution is 9.10. The molecule has 0 radical (unpaired) electrons. The molecule has 2 aromatic carbocycles. The molecule has 0 bridgehead atoms. The molecular formula is C20H19BrN4O. The summed E-state index contributed by atoms with van der Waals surface area (Å²) in [5.41, 5.74) is 6.42. The van der Waals surface area contributed by atoms with E-state index in [1.807, 2.05) is 65.7 Å². The topological polar surface area (TPSA) is 61.0 Å². The molecule has 1 saturated carbocycles. The summed E-state index contributed by atoms with van der Waals surface area (Å²) < 4.78 is 0.769. The van der Waals surface area contributed by atoms with Crippen molar-refractivity contribution in [3.63, 3.8) is 0 Å². The minimum atomic E-state index is -0.236. The molecule has 2 N–H and O–H groups in total. The van der Waals surface area contributed by atoms with E-state index in [2.05, 4.69) is 31.6 Å². The maximum absolute atomic E-state index is 12.8. The Labute approximate surface area is 160 Å². The lowest BCUT2D eigenvalue weighted by Crippen LogP contribution is -2.42. The van der Waals surface area contributed by atoms with Crippen LogP contribution < -0.4 is 10.4 Å². The molecule has 5 nitrogen and oxygen atoms in total. The van der Waals surface area contributed by atoms with Gasteiger partial charge in [-0.25, -0.2) is 0 Å². The number of nitrogens with zero attached hydrogens (tertiary/aromatic N) is 2. The minimum Gasteiger partial charge on any atom is -0.281 e. The third kappa shape index (κ3) is 3.65. The number of halogens is 1. The van der Waals surface area contributed by atoms with Crippen molar-refractivity contribution in [1.82, 2.24) is 15.6 Å². The Bertz CT molecular complexity index is 891. The largest absolute Gasteiger partial charge is 0.291 e. The second-order valence-corrected chi connectivity index (χ2v) is 7.22. The zero-order valence-corrected chi connectivity index (χ0v) is 15.7. The molecule has 3 aromatic rings. The highest BCUT2D eigenvalue weighted by atomic mass is 79.9. The van der Waals surface area contributed by atoms with Crippen molar-refractivity contribution in [3.05, 3.63) is 82.1 Å². The van der Waals surface area contributed by atoms with Gasteiger partial charge in [0.15, 0.2) is 5.69 Å². The van der Waals surface area contributed by atoms with Crippen molar-refractivity contribution >= 4 is 27.5 Å². The average molecular weight is 411 g/mol. The maximum atomic E-state index is 12.8. The Balaban J connectivity index is 1.57. The molecule has 1 fully saturated rings. The molecule has 0 unspecified atom stereocenters. The molecule has 1 heterocycles. The van der Waals surface area contributed by atoms with Crippen LogP contribution in [0.1, 0.15) is 40.5 Å². The summed E-state index contributed by atoms with van der Waals surface area (Å²) in [6.07, 6.45) is 2.29. The first-order valence-electron chi connectivity index (χ1n) is 8.63. The summed E-state index contributed by atoms with van der Waals surface area (Å²) in [5, 5.41) is 9.07. The summed E-state index contributed by atoms with van der Waals surface area (Å²) in [6.45, 7) is 0.564. The van der Waals surface area contributed by atoms with Gasteiger partial charge in [0.25, 0.3) is 5.91 Å². The fourth-order valence-electron chi connectivity index (χ4n) is 2.88. The number of aromatic nitrogens is 2. The SMILES string of the molecule is O=C(NN(Cc1ccccc1)c1ccccc1)c1n[nH]c(C2CC2)c1Br. The van der Waals surface area contributed by atoms with E-state index in [-0.39, 0.29) is 5.91 Å². The van der Waals surface area contributed by atoms with Crippen LogP contribution in [-0.4, -0.2) is 16.1 Å². The number of hydrazine groups is 1. The van der Waals surface area contributed by atoms with Gasteiger partial charge in [0.1, 0.15) is 0 Å². The third-order valence-electron chi connectivity index (χ3n) is 4.42. The highest BCUT2D eigenvalue weighted by Gasteiger charge is 2.30. The molecule has 0 atom stereocenters. The van der Waals surface area contributed by atoms with Crippen LogP contribution in [-0.2, 0) is 6.54 Å². The van der Waals surface area contributed by atoms with Gasteiger partial charge in [-0.2, -0.15) is 5.10 Å². The Kier molecular flexibility index (Phi) is 4.75. The van der Waals surface area contributed by atoms with Crippen LogP contribution in [0.25, 0.3) is 0 Å². The first-order valence-corrected chi connectivity index (χ1v) is 9.43. The Hall–Kier alpha value is -2.60. The van der Waals surface area contributed by atoms with E-state index < -0.39 is 0 Å². The van der Waals surface area contributed by atoms with Gasteiger partial charge in [0.05, 0.1) is 22.4 Å². The van der Waals surface area contributed by atoms with E-state index in [1.54, 1.807) is 0 Å². The second-order valence-electron chi connectivity index (χ2n) is 6.42. The molecule has 0 spiro atoms. The summed E-state index contributed by atoms with van der Waals surface area (Å²) in [6, 6.07) is 19.9. The molecule has 1 aliphatic carbocycles. The van der Waals surface area contributed by atoms with E-state index in [0.717, 1.165) is 34.3 Å². The number of rotatable bonds is 6. The van der Waals surface area contributed by atoms with E-state index in [0.29, 0.717) is 18.2 Å². The molecule has 4 rings (SSSR count). The van der Waals surface area contributed by atoms with E-state index in [9.17, 15) is 4.79 Å². The number of anilines is 1. The van der Waals surface area contributed by atoms with Crippen molar-refractivity contribution in [1.29, 1.82) is 0 Å². The van der Waals surface area contributed by atoms with Gasteiger partial charge in [-0.05, 0) is 46.5 Å². The lowest BCUT2D eigenvalue weighted by atomic mass is 10.2. The fraction of sp³-hybridized carbons (Fsp3) is 0.200. The van der Waals surface area contributed by atoms with Gasteiger partial charge >= 0.3 is 0 Å². The third-order valence-corrected chi connectivity index (χ3v) is 5.22. The van der Waals surface area contributed by atoms with Gasteiger partial charge in [-0.1, -0.05) is 48.5 Å². The number of H-pyrrole nitrogens is 1. The van der Waals surface area contributed by atoms with Gasteiger partial charge < -0.3 is 0 Å². The standard InChI is InChI=1S/C20H19BrN4O/c21-17-18(15-11-12-15)22-23-19(17)20(26)24-25(16-9-5-2-6-10-16)13-14-7-3-1-4-8-14/h1-10,15H,11-13H2,(H,22,23)(H,24,26). The number of carbonyl (C=O) groups excluding carboxylic acids is 1. The number of para-hydroxylation sites is 1. The maximum Gasteiger partial charge on any atom is 0.291 e. The molecular weight excluding hydrogens is 392 g/mol. The quantitative estimate of drug-likeness (QED) is 0.591. The predicted octanol–water partition coefficient (Wildman–Crippen LogP) is 4.40. The van der Waals surface area contributed by atoms with Crippen LogP contribution in [0.4, 0.5) is 5.69 Å². The number of amides is 1. The molecule has 1 aliphatic rings. The molecule has 0 aliphatic heterocycles. The molecule has 6 heteroatoms. The number of hydrogen-bond donors (Lipinski definition) is 2. The monoisotopic (exact) mass is 410 g/mol. The molecule has 26 heavy (non-hydrogen) atoms. The minimum absolute atomic E-state index is 0.236. The van der Waals surface area contributed by atoms with Gasteiger partial charge in [0, 0.05) is 5.92 Å². The first-order chi connectivity index (χ1) is 12.7. The zero-order valence-electron chi connectivity index (χ0n) is 14.2. The Morgan fingerprint density at radius 1 is 1.12 bits per heavy atom. The van der Waals surface area contributed by atoms with E-state index in [1.165, 1.54) is 0 Å². The van der Waals surface area contributed by atoms with Crippen LogP contribution in [0.15, 0.2) is 65.1 Å². The number of carbonyl (C=O) groups is 1. The van der Waals surface area contributed by atoms with Crippen LogP contribution >= 0.6 is 15.9 Å². The number of benzene rings is 2. The van der Waals surface area contributed by atoms with Gasteiger partial charge in [0.2, 0.25) is 0 Å². The molecule has 1 amide bonds. The van der Waals surface area contributed by atoms with E-state index >= 15 is 0 Å². The summed E-state index contributed by atoms with van der Waals surface area (Å²) in [7, 11) is 0. The van der Waals surface area contributed by atoms with Crippen molar-refractivity contribution < 1.29 is 4.79 Å². The van der Waals surface area contributed by atoms with Crippen molar-refractivity contribution in [2.45, 2.75) is 25.3 Å². The summed E-state index contributed by atoms with van der Waals surface area (Å²) in [5.74, 6) is 0.257. The Morgan fingerprint density at radius 3 is 2.42 bits per heavy atom. The van der Waals surface area contributed by atoms with Gasteiger partial charge in [-0.3, -0.25) is 20.3 Å². The van der Waals surface area contributed by atoms with Crippen LogP contribution in [0.5, 0.6) is 0 Å². The van der Waals surface area contributed by atoms with Crippen molar-refractivity contribution in [2.75, 3.05) is 5.01 Å². The summed E-state index contributed by atoms with van der Waals surface area (Å²) in [4.78, 5) is 12.8. The average Bonchev–Trinajstić information content (AvgIpc) is 3.44. The molecule has 0 saturated heterocycles. The second kappa shape index (κ2) is 7.33. The smallest absolute Gasteiger partial charge is 0.281 e. The lowest BCUT2D eigenvalue weighted by Gasteiger charge is -2.25. The van der Waals surface area contributed by atoms with Gasteiger partial charge in [-0.15, -0.1) is 0 Å². The van der Waals surface area contributed by atoms with Crippen molar-refractivity contribution in [2.24, 2.45) is 0 Å². The molecule has 1 aromatic heterocycles. The van der Waals surface area contributed by atoms with Crippen LogP contribution in [0, 0.1) is 0 Å². The first kappa shape index (κ1) is 16.8. The number of aromatic amines is 1. The van der Waals surface area contributed by atoms with Crippen LogP contribution in [0.3, 0.4) is 0 Å². The Morgan fingerprint density at radius 2 is 1.77 bits per heavy atom.